The molecule has 0 bridgehead atoms. The third-order valence-electron chi connectivity index (χ3n) is 4.45. The van der Waals surface area contributed by atoms with Gasteiger partial charge in [-0.1, -0.05) is 12.1 Å². The van der Waals surface area contributed by atoms with Crippen LogP contribution in [0.3, 0.4) is 0 Å². The molecule has 1 aliphatic heterocycles. The number of hydrogen-bond donors (Lipinski definition) is 1. The number of halogens is 1. The van der Waals surface area contributed by atoms with Crippen LogP contribution in [-0.2, 0) is 20.7 Å². The van der Waals surface area contributed by atoms with Crippen LogP contribution in [0.2, 0.25) is 0 Å². The zero-order chi connectivity index (χ0) is 18.7. The predicted molar refractivity (Wildman–Crippen MR) is 88.8 cm³/mol. The Labute approximate surface area is 149 Å². The van der Waals surface area contributed by atoms with Gasteiger partial charge in [0.05, 0.1) is 17.9 Å². The van der Waals surface area contributed by atoms with Gasteiger partial charge in [-0.25, -0.2) is 14.2 Å². The van der Waals surface area contributed by atoms with Gasteiger partial charge in [-0.05, 0) is 12.1 Å². The van der Waals surface area contributed by atoms with Gasteiger partial charge in [-0.3, -0.25) is 4.79 Å². The van der Waals surface area contributed by atoms with Crippen molar-refractivity contribution in [2.45, 2.75) is 31.4 Å². The Morgan fingerprint density at radius 3 is 2.88 bits per heavy atom. The molecule has 1 aromatic heterocycles. The summed E-state index contributed by atoms with van der Waals surface area (Å²) in [6, 6.07) is 5.29. The SMILES string of the molecule is COC1CC(C(=O)O)N(C(=O)CCc2ncc(-c3ccccc3F)o2)C1. The molecule has 0 saturated carbocycles. The van der Waals surface area contributed by atoms with Crippen LogP contribution in [0.4, 0.5) is 4.39 Å². The first kappa shape index (κ1) is 18.1. The molecule has 2 unspecified atom stereocenters. The molecule has 1 aromatic carbocycles. The van der Waals surface area contributed by atoms with Crippen LogP contribution in [0, 0.1) is 5.82 Å². The number of aryl methyl sites for hydroxylation is 1. The Balaban J connectivity index is 1.63. The van der Waals surface area contributed by atoms with E-state index in [2.05, 4.69) is 4.98 Å². The lowest BCUT2D eigenvalue weighted by molar-refractivity contribution is -0.148. The zero-order valence-corrected chi connectivity index (χ0v) is 14.2. The van der Waals surface area contributed by atoms with Crippen molar-refractivity contribution < 1.29 is 28.2 Å². The number of carbonyl (C=O) groups excluding carboxylic acids is 1. The highest BCUT2D eigenvalue weighted by Crippen LogP contribution is 2.25. The maximum absolute atomic E-state index is 13.8. The van der Waals surface area contributed by atoms with Gasteiger partial charge in [-0.15, -0.1) is 0 Å². The summed E-state index contributed by atoms with van der Waals surface area (Å²) in [5.41, 5.74) is 0.297. The summed E-state index contributed by atoms with van der Waals surface area (Å²) in [6.45, 7) is 0.248. The molecule has 2 aromatic rings. The maximum Gasteiger partial charge on any atom is 0.326 e. The molecule has 0 radical (unpaired) electrons. The van der Waals surface area contributed by atoms with Crippen molar-refractivity contribution >= 4 is 11.9 Å². The molecular weight excluding hydrogens is 343 g/mol. The number of benzene rings is 1. The molecule has 3 rings (SSSR count). The normalized spacial score (nSPS) is 19.7. The number of oxazole rings is 1. The van der Waals surface area contributed by atoms with Gasteiger partial charge in [0.25, 0.3) is 0 Å². The van der Waals surface area contributed by atoms with Crippen molar-refractivity contribution in [1.29, 1.82) is 0 Å². The second-order valence-corrected chi connectivity index (χ2v) is 6.09. The van der Waals surface area contributed by atoms with Gasteiger partial charge in [-0.2, -0.15) is 0 Å². The molecule has 2 atom stereocenters. The van der Waals surface area contributed by atoms with Crippen LogP contribution in [-0.4, -0.2) is 52.7 Å². The number of hydrogen-bond acceptors (Lipinski definition) is 5. The smallest absolute Gasteiger partial charge is 0.326 e. The molecule has 8 heteroatoms. The van der Waals surface area contributed by atoms with Crippen molar-refractivity contribution in [2.75, 3.05) is 13.7 Å². The zero-order valence-electron chi connectivity index (χ0n) is 14.2. The number of aliphatic carboxylic acids is 1. The van der Waals surface area contributed by atoms with E-state index in [0.29, 0.717) is 11.5 Å². The minimum atomic E-state index is -1.05. The monoisotopic (exact) mass is 362 g/mol. The first-order chi connectivity index (χ1) is 12.5. The van der Waals surface area contributed by atoms with E-state index < -0.39 is 17.8 Å². The summed E-state index contributed by atoms with van der Waals surface area (Å²) < 4.78 is 24.5. The number of amides is 1. The summed E-state index contributed by atoms with van der Waals surface area (Å²) in [4.78, 5) is 29.1. The van der Waals surface area contributed by atoms with Gasteiger partial charge in [0.2, 0.25) is 5.91 Å². The van der Waals surface area contributed by atoms with Crippen LogP contribution >= 0.6 is 0 Å². The van der Waals surface area contributed by atoms with E-state index in [-0.39, 0.29) is 43.6 Å². The van der Waals surface area contributed by atoms with Crippen LogP contribution in [0.5, 0.6) is 0 Å². The third-order valence-corrected chi connectivity index (χ3v) is 4.45. The molecule has 1 saturated heterocycles. The van der Waals surface area contributed by atoms with E-state index in [9.17, 15) is 19.1 Å². The highest BCUT2D eigenvalue weighted by atomic mass is 19.1. The lowest BCUT2D eigenvalue weighted by atomic mass is 10.2. The topological polar surface area (TPSA) is 92.9 Å². The van der Waals surface area contributed by atoms with E-state index in [1.807, 2.05) is 0 Å². The summed E-state index contributed by atoms with van der Waals surface area (Å²) in [6.07, 6.45) is 1.66. The number of nitrogens with zero attached hydrogens (tertiary/aromatic N) is 2. The maximum atomic E-state index is 13.8. The summed E-state index contributed by atoms with van der Waals surface area (Å²) >= 11 is 0. The second-order valence-electron chi connectivity index (χ2n) is 6.09. The fourth-order valence-electron chi connectivity index (χ4n) is 3.05. The first-order valence-electron chi connectivity index (χ1n) is 8.24. The molecule has 1 N–H and O–H groups in total. The van der Waals surface area contributed by atoms with E-state index in [4.69, 9.17) is 9.15 Å². The van der Waals surface area contributed by atoms with Gasteiger partial charge in [0.15, 0.2) is 11.7 Å². The molecule has 0 spiro atoms. The van der Waals surface area contributed by atoms with E-state index in [1.165, 1.54) is 24.3 Å². The number of rotatable bonds is 6. The molecule has 1 fully saturated rings. The number of carbonyl (C=O) groups is 2. The number of aromatic nitrogens is 1. The fourth-order valence-corrected chi connectivity index (χ4v) is 3.05. The highest BCUT2D eigenvalue weighted by molar-refractivity contribution is 5.84. The van der Waals surface area contributed by atoms with E-state index >= 15 is 0 Å². The lowest BCUT2D eigenvalue weighted by Crippen LogP contribution is -2.40. The lowest BCUT2D eigenvalue weighted by Gasteiger charge is -2.20. The molecule has 1 aliphatic rings. The Morgan fingerprint density at radius 1 is 1.42 bits per heavy atom. The first-order valence-corrected chi connectivity index (χ1v) is 8.24. The number of carboxylic acid groups (broad SMARTS) is 1. The van der Waals surface area contributed by atoms with Gasteiger partial charge in [0, 0.05) is 32.9 Å². The summed E-state index contributed by atoms with van der Waals surface area (Å²) in [5.74, 6) is -1.18. The number of methoxy groups -OCH3 is 1. The molecule has 1 amide bonds. The Morgan fingerprint density at radius 2 is 2.19 bits per heavy atom. The Kier molecular flexibility index (Phi) is 5.32. The number of likely N-dealkylation sites (tertiary alicyclic amines) is 1. The van der Waals surface area contributed by atoms with Crippen LogP contribution in [0.25, 0.3) is 11.3 Å². The Hall–Kier alpha value is -2.74. The average molecular weight is 362 g/mol. The average Bonchev–Trinajstić information content (AvgIpc) is 3.27. The molecule has 7 nitrogen and oxygen atoms in total. The van der Waals surface area contributed by atoms with Crippen molar-refractivity contribution in [1.82, 2.24) is 9.88 Å². The highest BCUT2D eigenvalue weighted by Gasteiger charge is 2.39. The quantitative estimate of drug-likeness (QED) is 0.846. The minimum Gasteiger partial charge on any atom is -0.480 e. The van der Waals surface area contributed by atoms with Crippen molar-refractivity contribution in [2.24, 2.45) is 0 Å². The summed E-state index contributed by atoms with van der Waals surface area (Å²) in [5, 5.41) is 9.27. The molecule has 26 heavy (non-hydrogen) atoms. The molecule has 138 valence electrons. The van der Waals surface area contributed by atoms with Crippen molar-refractivity contribution in [3.63, 3.8) is 0 Å². The van der Waals surface area contributed by atoms with Crippen molar-refractivity contribution in [3.8, 4) is 11.3 Å². The minimum absolute atomic E-state index is 0.0530. The summed E-state index contributed by atoms with van der Waals surface area (Å²) in [7, 11) is 1.49. The van der Waals surface area contributed by atoms with Gasteiger partial charge in [0.1, 0.15) is 11.9 Å². The third kappa shape index (κ3) is 3.75. The second kappa shape index (κ2) is 7.65. The molecule has 2 heterocycles. The van der Waals surface area contributed by atoms with E-state index in [0.717, 1.165) is 0 Å². The molecule has 0 aliphatic carbocycles. The van der Waals surface area contributed by atoms with Gasteiger partial charge < -0.3 is 19.2 Å². The van der Waals surface area contributed by atoms with Crippen LogP contribution in [0.15, 0.2) is 34.9 Å². The number of ether oxygens (including phenoxy) is 1. The number of carboxylic acids is 1. The largest absolute Gasteiger partial charge is 0.480 e. The standard InChI is InChI=1S/C18H19FN2O5/c1-25-11-8-14(18(23)24)21(10-11)17(22)7-6-16-20-9-15(26-16)12-4-2-3-5-13(12)19/h2-5,9,11,14H,6-8,10H2,1H3,(H,23,24). The van der Waals surface area contributed by atoms with Crippen LogP contribution in [0.1, 0.15) is 18.7 Å². The Bertz CT molecular complexity index is 806. The predicted octanol–water partition coefficient (Wildman–Crippen LogP) is 2.11. The fraction of sp³-hybridized carbons (Fsp3) is 0.389. The van der Waals surface area contributed by atoms with Crippen LogP contribution < -0.4 is 0 Å². The van der Waals surface area contributed by atoms with E-state index in [1.54, 1.807) is 18.2 Å². The molecular formula is C18H19FN2O5. The van der Waals surface area contributed by atoms with Gasteiger partial charge >= 0.3 is 5.97 Å². The van der Waals surface area contributed by atoms with Crippen molar-refractivity contribution in [3.05, 3.63) is 42.2 Å².